The molecule has 9 heteroatoms. The third-order valence-corrected chi connectivity index (χ3v) is 6.54. The van der Waals surface area contributed by atoms with Crippen LogP contribution in [0.3, 0.4) is 0 Å². The van der Waals surface area contributed by atoms with E-state index in [1.807, 2.05) is 24.5 Å². The number of fused-ring (bicyclic) bond motifs is 1. The first-order valence-corrected chi connectivity index (χ1v) is 12.3. The molecule has 1 fully saturated rings. The van der Waals surface area contributed by atoms with E-state index in [9.17, 15) is 14.8 Å². The van der Waals surface area contributed by atoms with Crippen molar-refractivity contribution in [3.63, 3.8) is 0 Å². The van der Waals surface area contributed by atoms with Gasteiger partial charge in [0, 0.05) is 23.9 Å². The molecule has 3 aromatic rings. The third-order valence-electron chi connectivity index (χ3n) is 6.54. The predicted molar refractivity (Wildman–Crippen MR) is 140 cm³/mol. The number of rotatable bonds is 8. The molecule has 5 rings (SSSR count). The molecule has 0 saturated carbocycles. The minimum Gasteiger partial charge on any atom is -0.484 e. The summed E-state index contributed by atoms with van der Waals surface area (Å²) < 4.78 is 27.4. The topological polar surface area (TPSA) is 96.4 Å². The lowest BCUT2D eigenvalue weighted by atomic mass is 9.87. The Morgan fingerprint density at radius 1 is 1.24 bits per heavy atom. The maximum absolute atomic E-state index is 14.2. The molecule has 0 amide bonds. The van der Waals surface area contributed by atoms with Gasteiger partial charge in [-0.25, -0.2) is 14.1 Å². The van der Waals surface area contributed by atoms with Gasteiger partial charge in [-0.05, 0) is 55.7 Å². The Bertz CT molecular complexity index is 1440. The zero-order valence-electron chi connectivity index (χ0n) is 21.3. The highest BCUT2D eigenvalue weighted by atomic mass is 19.1. The lowest BCUT2D eigenvalue weighted by Crippen LogP contribution is -2.54. The van der Waals surface area contributed by atoms with Gasteiger partial charge in [0.05, 0.1) is 49.4 Å². The lowest BCUT2D eigenvalue weighted by molar-refractivity contribution is -0.0146. The molecule has 0 radical (unpaired) electrons. The second-order valence-electron chi connectivity index (χ2n) is 10.2. The molecule has 1 saturated heterocycles. The number of ether oxygens (including phenoxy) is 2. The number of aromatic nitrogens is 3. The van der Waals surface area contributed by atoms with Crippen molar-refractivity contribution in [2.24, 2.45) is 0 Å². The lowest BCUT2D eigenvalue weighted by Gasteiger charge is -2.40. The largest absolute Gasteiger partial charge is 0.484 e. The molecule has 0 bridgehead atoms. The van der Waals surface area contributed by atoms with Crippen LogP contribution in [0.1, 0.15) is 48.6 Å². The number of halogens is 1. The standard InChI is InChI=1S/C29H28FN5O3/c1-4-19-5-7-26(25(30)10-19)38-23-15-34(16-23)27-8-6-21(12-32-27)24-9-20(17-37-18-29(2,3)36)14-35-28(24)22(11-31)13-33-35/h1,5-8,10,12-14,23-24,36H,9,15-18H2,2-3H3. The van der Waals surface area contributed by atoms with E-state index in [2.05, 4.69) is 27.0 Å². The Hall–Kier alpha value is -4.18. The second kappa shape index (κ2) is 10.3. The van der Waals surface area contributed by atoms with E-state index in [0.717, 1.165) is 22.6 Å². The normalized spacial score (nSPS) is 17.2. The second-order valence-corrected chi connectivity index (χ2v) is 10.2. The van der Waals surface area contributed by atoms with Crippen LogP contribution < -0.4 is 9.64 Å². The van der Waals surface area contributed by atoms with Crippen LogP contribution in [-0.2, 0) is 4.74 Å². The molecule has 1 N–H and O–H groups in total. The minimum atomic E-state index is -0.916. The summed E-state index contributed by atoms with van der Waals surface area (Å²) in [7, 11) is 0. The van der Waals surface area contributed by atoms with Gasteiger partial charge in [-0.3, -0.25) is 0 Å². The number of hydrogen-bond acceptors (Lipinski definition) is 7. The Morgan fingerprint density at radius 2 is 2.05 bits per heavy atom. The highest BCUT2D eigenvalue weighted by Gasteiger charge is 2.32. The van der Waals surface area contributed by atoms with Crippen LogP contribution >= 0.6 is 0 Å². The summed E-state index contributed by atoms with van der Waals surface area (Å²) in [6.45, 7) is 5.14. The third kappa shape index (κ3) is 5.40. The molecule has 2 aromatic heterocycles. The fraction of sp³-hybridized carbons (Fsp3) is 0.345. The first kappa shape index (κ1) is 25.5. The summed E-state index contributed by atoms with van der Waals surface area (Å²) in [4.78, 5) is 6.73. The van der Waals surface area contributed by atoms with E-state index >= 15 is 0 Å². The van der Waals surface area contributed by atoms with Gasteiger partial charge in [-0.2, -0.15) is 10.4 Å². The Kier molecular flexibility index (Phi) is 6.90. The van der Waals surface area contributed by atoms with Crippen LogP contribution in [0.4, 0.5) is 10.2 Å². The van der Waals surface area contributed by atoms with E-state index in [4.69, 9.17) is 15.9 Å². The number of anilines is 1. The zero-order valence-corrected chi connectivity index (χ0v) is 21.3. The maximum atomic E-state index is 14.2. The van der Waals surface area contributed by atoms with E-state index < -0.39 is 11.4 Å². The number of nitrogens with zero attached hydrogens (tertiary/aromatic N) is 5. The van der Waals surface area contributed by atoms with E-state index in [0.29, 0.717) is 37.2 Å². The first-order valence-electron chi connectivity index (χ1n) is 12.3. The van der Waals surface area contributed by atoms with Crippen LogP contribution in [-0.4, -0.2) is 57.9 Å². The highest BCUT2D eigenvalue weighted by molar-refractivity contribution is 5.51. The SMILES string of the molecule is C#Cc1ccc(OC2CN(c3ccc(C4CC(COCC(C)(C)O)=Cn5ncc(C#N)c54)cn3)C2)c(F)c1. The summed E-state index contributed by atoms with van der Waals surface area (Å²) in [6, 6.07) is 10.7. The van der Waals surface area contributed by atoms with E-state index in [-0.39, 0.29) is 24.4 Å². The molecular formula is C29H28FN5O3. The van der Waals surface area contributed by atoms with E-state index in [1.54, 1.807) is 36.9 Å². The molecular weight excluding hydrogens is 485 g/mol. The molecule has 8 nitrogen and oxygen atoms in total. The van der Waals surface area contributed by atoms with Gasteiger partial charge in [0.25, 0.3) is 0 Å². The molecule has 0 spiro atoms. The minimum absolute atomic E-state index is 0.110. The average Bonchev–Trinajstić information content (AvgIpc) is 3.29. The quantitative estimate of drug-likeness (QED) is 0.459. The Morgan fingerprint density at radius 3 is 2.71 bits per heavy atom. The smallest absolute Gasteiger partial charge is 0.166 e. The Labute approximate surface area is 220 Å². The molecule has 1 unspecified atom stereocenters. The van der Waals surface area contributed by atoms with Gasteiger partial charge in [-0.1, -0.05) is 12.0 Å². The number of aliphatic hydroxyl groups is 1. The van der Waals surface area contributed by atoms with Gasteiger partial charge >= 0.3 is 0 Å². The maximum Gasteiger partial charge on any atom is 0.166 e. The summed E-state index contributed by atoms with van der Waals surface area (Å²) in [5.41, 5.74) is 2.88. The molecule has 1 atom stereocenters. The zero-order chi connectivity index (χ0) is 26.9. The fourth-order valence-corrected chi connectivity index (χ4v) is 4.65. The average molecular weight is 514 g/mol. The van der Waals surface area contributed by atoms with Crippen molar-refractivity contribution in [1.82, 2.24) is 14.8 Å². The number of terminal acetylenes is 1. The van der Waals surface area contributed by atoms with Crippen molar-refractivity contribution in [1.29, 1.82) is 5.26 Å². The molecule has 2 aliphatic rings. The van der Waals surface area contributed by atoms with Crippen molar-refractivity contribution < 1.29 is 19.0 Å². The van der Waals surface area contributed by atoms with Crippen LogP contribution in [0.5, 0.6) is 5.75 Å². The predicted octanol–water partition coefficient (Wildman–Crippen LogP) is 3.70. The number of hydrogen-bond donors (Lipinski definition) is 1. The molecule has 4 heterocycles. The van der Waals surface area contributed by atoms with Crippen molar-refractivity contribution in [2.45, 2.75) is 37.9 Å². The van der Waals surface area contributed by atoms with Crippen molar-refractivity contribution in [3.05, 3.63) is 76.5 Å². The first-order chi connectivity index (χ1) is 18.2. The van der Waals surface area contributed by atoms with Gasteiger partial charge in [0.15, 0.2) is 11.6 Å². The fourth-order valence-electron chi connectivity index (χ4n) is 4.65. The van der Waals surface area contributed by atoms with Crippen LogP contribution in [0.2, 0.25) is 0 Å². The van der Waals surface area contributed by atoms with Gasteiger partial charge in [-0.15, -0.1) is 6.42 Å². The number of pyridine rings is 1. The van der Waals surface area contributed by atoms with Crippen LogP contribution in [0, 0.1) is 29.5 Å². The summed E-state index contributed by atoms with van der Waals surface area (Å²) in [5, 5.41) is 23.9. The highest BCUT2D eigenvalue weighted by Crippen LogP contribution is 2.37. The molecule has 2 aliphatic heterocycles. The Balaban J connectivity index is 1.25. The van der Waals surface area contributed by atoms with Gasteiger partial charge in [0.2, 0.25) is 0 Å². The molecule has 194 valence electrons. The van der Waals surface area contributed by atoms with Crippen molar-refractivity contribution in [3.8, 4) is 24.2 Å². The summed E-state index contributed by atoms with van der Waals surface area (Å²) in [6.07, 6.45) is 11.1. The molecule has 1 aromatic carbocycles. The summed E-state index contributed by atoms with van der Waals surface area (Å²) in [5.74, 6) is 2.82. The summed E-state index contributed by atoms with van der Waals surface area (Å²) >= 11 is 0. The van der Waals surface area contributed by atoms with Crippen molar-refractivity contribution >= 4 is 12.0 Å². The van der Waals surface area contributed by atoms with Crippen molar-refractivity contribution in [2.75, 3.05) is 31.2 Å². The molecule has 38 heavy (non-hydrogen) atoms. The van der Waals surface area contributed by atoms with Gasteiger partial charge < -0.3 is 19.5 Å². The number of nitriles is 1. The van der Waals surface area contributed by atoms with E-state index in [1.165, 1.54) is 6.07 Å². The monoisotopic (exact) mass is 513 g/mol. The molecule has 0 aliphatic carbocycles. The number of benzene rings is 1. The van der Waals surface area contributed by atoms with Crippen LogP contribution in [0.15, 0.2) is 48.3 Å². The van der Waals surface area contributed by atoms with Crippen LogP contribution in [0.25, 0.3) is 6.20 Å². The van der Waals surface area contributed by atoms with Gasteiger partial charge in [0.1, 0.15) is 18.0 Å².